The highest BCUT2D eigenvalue weighted by molar-refractivity contribution is 4.81. The van der Waals surface area contributed by atoms with E-state index in [1.165, 1.54) is 0 Å². The summed E-state index contributed by atoms with van der Waals surface area (Å²) in [5.74, 6) is 0. The summed E-state index contributed by atoms with van der Waals surface area (Å²) in [6.45, 7) is 9.32. The fraction of sp³-hybridized carbons (Fsp3) is 0.667. The van der Waals surface area contributed by atoms with E-state index < -0.39 is 0 Å². The molecule has 0 fully saturated rings. The van der Waals surface area contributed by atoms with Gasteiger partial charge in [-0.2, -0.15) is 0 Å². The van der Waals surface area contributed by atoms with Gasteiger partial charge in [0.15, 0.2) is 0 Å². The standard InChI is InChI=1S/C6H12O/c1-4-6(2,3)5-7/h7H,2-5H2,1H3. The van der Waals surface area contributed by atoms with Crippen molar-refractivity contribution in [3.05, 3.63) is 13.8 Å². The lowest BCUT2D eigenvalue weighted by molar-refractivity contribution is 0.198. The summed E-state index contributed by atoms with van der Waals surface area (Å²) in [7, 11) is 0. The van der Waals surface area contributed by atoms with Crippen LogP contribution in [0.1, 0.15) is 13.3 Å². The molecule has 1 heteroatoms. The van der Waals surface area contributed by atoms with Crippen LogP contribution in [0.2, 0.25) is 0 Å². The van der Waals surface area contributed by atoms with E-state index >= 15 is 0 Å². The van der Waals surface area contributed by atoms with E-state index in [1.807, 2.05) is 6.92 Å². The van der Waals surface area contributed by atoms with Crippen molar-refractivity contribution in [3.8, 4) is 0 Å². The SMILES string of the molecule is [CH2]C([CH2])(CC)CO. The molecule has 0 bridgehead atoms. The van der Waals surface area contributed by atoms with Crippen LogP contribution in [0.25, 0.3) is 0 Å². The van der Waals surface area contributed by atoms with E-state index in [1.54, 1.807) is 0 Å². The number of aliphatic hydroxyl groups is 1. The minimum absolute atomic E-state index is 0.0729. The lowest BCUT2D eigenvalue weighted by Gasteiger charge is -2.16. The largest absolute Gasteiger partial charge is 0.396 e. The van der Waals surface area contributed by atoms with E-state index in [0.717, 1.165) is 6.42 Å². The lowest BCUT2D eigenvalue weighted by atomic mass is 9.92. The average Bonchev–Trinajstić information content (AvgIpc) is 1.68. The van der Waals surface area contributed by atoms with Crippen molar-refractivity contribution < 1.29 is 5.11 Å². The minimum atomic E-state index is -0.361. The molecule has 0 rings (SSSR count). The molecule has 0 aliphatic rings. The third-order valence-electron chi connectivity index (χ3n) is 1.09. The Labute approximate surface area is 45.4 Å². The Balaban J connectivity index is 3.36. The smallest absolute Gasteiger partial charge is 0.0487 e. The molecule has 0 aromatic carbocycles. The molecule has 0 saturated carbocycles. The summed E-state index contributed by atoms with van der Waals surface area (Å²) in [6.07, 6.45) is 0.823. The molecule has 0 spiro atoms. The highest BCUT2D eigenvalue weighted by Crippen LogP contribution is 2.15. The van der Waals surface area contributed by atoms with Crippen LogP contribution in [0.15, 0.2) is 0 Å². The van der Waals surface area contributed by atoms with Crippen LogP contribution in [0.4, 0.5) is 0 Å². The first-order valence-electron chi connectivity index (χ1n) is 2.44. The van der Waals surface area contributed by atoms with Gasteiger partial charge in [0.1, 0.15) is 0 Å². The molecule has 1 nitrogen and oxygen atoms in total. The molecule has 0 unspecified atom stereocenters. The molecule has 42 valence electrons. The van der Waals surface area contributed by atoms with Crippen molar-refractivity contribution in [2.75, 3.05) is 6.61 Å². The Kier molecular flexibility index (Phi) is 2.30. The molecule has 0 aromatic rings. The maximum Gasteiger partial charge on any atom is 0.0487 e. The average molecular weight is 100 g/mol. The summed E-state index contributed by atoms with van der Waals surface area (Å²) < 4.78 is 0. The second kappa shape index (κ2) is 2.31. The molecular formula is C6H12O. The minimum Gasteiger partial charge on any atom is -0.396 e. The van der Waals surface area contributed by atoms with Crippen molar-refractivity contribution in [3.63, 3.8) is 0 Å². The second-order valence-corrected chi connectivity index (χ2v) is 2.01. The first-order chi connectivity index (χ1) is 3.12. The maximum atomic E-state index is 8.47. The summed E-state index contributed by atoms with van der Waals surface area (Å²) in [6, 6.07) is 0. The molecule has 7 heavy (non-hydrogen) atoms. The molecule has 0 saturated heterocycles. The number of hydrogen-bond acceptors (Lipinski definition) is 1. The molecule has 0 aliphatic heterocycles. The molecule has 2 radical (unpaired) electrons. The molecule has 0 atom stereocenters. The summed E-state index contributed by atoms with van der Waals surface area (Å²) in [5, 5.41) is 8.47. The monoisotopic (exact) mass is 100 g/mol. The maximum absolute atomic E-state index is 8.47. The topological polar surface area (TPSA) is 20.2 Å². The van der Waals surface area contributed by atoms with Gasteiger partial charge in [0.05, 0.1) is 0 Å². The van der Waals surface area contributed by atoms with Gasteiger partial charge in [0.25, 0.3) is 0 Å². The van der Waals surface area contributed by atoms with Crippen LogP contribution < -0.4 is 0 Å². The van der Waals surface area contributed by atoms with Crippen molar-refractivity contribution in [1.29, 1.82) is 0 Å². The van der Waals surface area contributed by atoms with Crippen LogP contribution in [0.5, 0.6) is 0 Å². The van der Waals surface area contributed by atoms with Gasteiger partial charge < -0.3 is 5.11 Å². The van der Waals surface area contributed by atoms with E-state index in [2.05, 4.69) is 13.8 Å². The predicted octanol–water partition coefficient (Wildman–Crippen LogP) is 1.04. The van der Waals surface area contributed by atoms with E-state index in [0.29, 0.717) is 0 Å². The summed E-state index contributed by atoms with van der Waals surface area (Å²) in [5.41, 5.74) is -0.361. The van der Waals surface area contributed by atoms with Crippen LogP contribution >= 0.6 is 0 Å². The quantitative estimate of drug-likeness (QED) is 0.549. The van der Waals surface area contributed by atoms with Crippen molar-refractivity contribution in [2.45, 2.75) is 13.3 Å². The van der Waals surface area contributed by atoms with Crippen LogP contribution in [-0.4, -0.2) is 11.7 Å². The molecular weight excluding hydrogens is 88.1 g/mol. The van der Waals surface area contributed by atoms with Gasteiger partial charge in [0.2, 0.25) is 0 Å². The first kappa shape index (κ1) is 6.96. The third kappa shape index (κ3) is 2.63. The molecule has 0 amide bonds. The lowest BCUT2D eigenvalue weighted by Crippen LogP contribution is -2.15. The summed E-state index contributed by atoms with van der Waals surface area (Å²) in [4.78, 5) is 0. The third-order valence-corrected chi connectivity index (χ3v) is 1.09. The fourth-order valence-corrected chi connectivity index (χ4v) is 0.112. The van der Waals surface area contributed by atoms with Crippen molar-refractivity contribution in [2.24, 2.45) is 5.41 Å². The summed E-state index contributed by atoms with van der Waals surface area (Å²) >= 11 is 0. The van der Waals surface area contributed by atoms with Crippen molar-refractivity contribution in [1.82, 2.24) is 0 Å². The van der Waals surface area contributed by atoms with Gasteiger partial charge in [-0.3, -0.25) is 0 Å². The van der Waals surface area contributed by atoms with Crippen LogP contribution in [-0.2, 0) is 0 Å². The highest BCUT2D eigenvalue weighted by Gasteiger charge is 2.11. The van der Waals surface area contributed by atoms with Gasteiger partial charge >= 0.3 is 0 Å². The van der Waals surface area contributed by atoms with Gasteiger partial charge in [-0.15, -0.1) is 0 Å². The number of aliphatic hydroxyl groups excluding tert-OH is 1. The van der Waals surface area contributed by atoms with E-state index in [4.69, 9.17) is 5.11 Å². The zero-order chi connectivity index (χ0) is 5.91. The molecule has 1 N–H and O–H groups in total. The van der Waals surface area contributed by atoms with Gasteiger partial charge in [-0.25, -0.2) is 0 Å². The Morgan fingerprint density at radius 3 is 2.00 bits per heavy atom. The van der Waals surface area contributed by atoms with Crippen LogP contribution in [0, 0.1) is 19.3 Å². The first-order valence-corrected chi connectivity index (χ1v) is 2.44. The highest BCUT2D eigenvalue weighted by atomic mass is 16.3. The predicted molar refractivity (Wildman–Crippen MR) is 30.5 cm³/mol. The Morgan fingerprint density at radius 2 is 2.00 bits per heavy atom. The van der Waals surface area contributed by atoms with Crippen LogP contribution in [0.3, 0.4) is 0 Å². The van der Waals surface area contributed by atoms with Gasteiger partial charge in [-0.05, 0) is 25.7 Å². The van der Waals surface area contributed by atoms with Crippen molar-refractivity contribution >= 4 is 0 Å². The fourth-order valence-electron chi connectivity index (χ4n) is 0.112. The molecule has 0 aromatic heterocycles. The number of rotatable bonds is 2. The number of hydrogen-bond donors (Lipinski definition) is 1. The molecule has 0 heterocycles. The molecule has 0 aliphatic carbocycles. The normalized spacial score (nSPS) is 12.0. The van der Waals surface area contributed by atoms with Gasteiger partial charge in [-0.1, -0.05) is 6.92 Å². The Bertz CT molecular complexity index is 42.1. The van der Waals surface area contributed by atoms with E-state index in [9.17, 15) is 0 Å². The van der Waals surface area contributed by atoms with Gasteiger partial charge in [0, 0.05) is 6.61 Å². The zero-order valence-electron chi connectivity index (χ0n) is 4.78. The Hall–Kier alpha value is -0.0400. The second-order valence-electron chi connectivity index (χ2n) is 2.01. The zero-order valence-corrected chi connectivity index (χ0v) is 4.78. The Morgan fingerprint density at radius 1 is 1.57 bits per heavy atom. The van der Waals surface area contributed by atoms with E-state index in [-0.39, 0.29) is 12.0 Å².